The van der Waals surface area contributed by atoms with Gasteiger partial charge in [0.25, 0.3) is 0 Å². The summed E-state index contributed by atoms with van der Waals surface area (Å²) in [5, 5.41) is 2.64. The van der Waals surface area contributed by atoms with Crippen molar-refractivity contribution in [2.75, 3.05) is 19.8 Å². The molecule has 5 nitrogen and oxygen atoms in total. The number of carbonyl (C=O) groups is 2. The number of alkyl halides is 3. The summed E-state index contributed by atoms with van der Waals surface area (Å²) in [5.41, 5.74) is -2.05. The molecule has 0 aromatic rings. The predicted molar refractivity (Wildman–Crippen MR) is 69.5 cm³/mol. The van der Waals surface area contributed by atoms with Crippen LogP contribution < -0.4 is 5.32 Å². The highest BCUT2D eigenvalue weighted by molar-refractivity contribution is 6.01. The first-order chi connectivity index (χ1) is 9.38. The Hall–Kier alpha value is -1.31. The first-order valence-corrected chi connectivity index (χ1v) is 6.67. The third-order valence-corrected chi connectivity index (χ3v) is 3.37. The van der Waals surface area contributed by atoms with Crippen LogP contribution in [0.1, 0.15) is 34.1 Å². The molecule has 0 aromatic heterocycles. The van der Waals surface area contributed by atoms with Gasteiger partial charge in [0.1, 0.15) is 17.7 Å². The summed E-state index contributed by atoms with van der Waals surface area (Å²) in [6.07, 6.45) is -4.13. The molecule has 21 heavy (non-hydrogen) atoms. The first kappa shape index (κ1) is 17.7. The lowest BCUT2D eigenvalue weighted by molar-refractivity contribution is -0.175. The van der Waals surface area contributed by atoms with Gasteiger partial charge < -0.3 is 15.0 Å². The number of hydrogen-bond donors (Lipinski definition) is 1. The molecular weight excluding hydrogens is 289 g/mol. The van der Waals surface area contributed by atoms with Crippen molar-refractivity contribution in [3.05, 3.63) is 0 Å². The molecule has 8 heteroatoms. The average Bonchev–Trinajstić information content (AvgIpc) is 2.29. The van der Waals surface area contributed by atoms with Crippen molar-refractivity contribution in [1.29, 1.82) is 0 Å². The Morgan fingerprint density at radius 2 is 1.76 bits per heavy atom. The summed E-state index contributed by atoms with van der Waals surface area (Å²) in [7, 11) is 0. The number of halogens is 3. The van der Waals surface area contributed by atoms with E-state index in [0.29, 0.717) is 0 Å². The molecule has 0 saturated carbocycles. The Morgan fingerprint density at radius 1 is 1.19 bits per heavy atom. The van der Waals surface area contributed by atoms with E-state index in [0.717, 1.165) is 0 Å². The SMILES string of the molecule is CC1(C)NC(=O)C(C)(C)N(CCCOCC(F)(F)F)C1=O. The Bertz CT molecular complexity index is 419. The van der Waals surface area contributed by atoms with Gasteiger partial charge >= 0.3 is 6.18 Å². The quantitative estimate of drug-likeness (QED) is 0.782. The van der Waals surface area contributed by atoms with Crippen molar-refractivity contribution in [3.63, 3.8) is 0 Å². The maximum Gasteiger partial charge on any atom is 0.411 e. The highest BCUT2D eigenvalue weighted by atomic mass is 19.4. The molecule has 1 aliphatic rings. The molecule has 1 N–H and O–H groups in total. The van der Waals surface area contributed by atoms with Crippen molar-refractivity contribution >= 4 is 11.8 Å². The second-order valence-corrected chi connectivity index (χ2v) is 6.12. The first-order valence-electron chi connectivity index (χ1n) is 6.67. The fourth-order valence-electron chi connectivity index (χ4n) is 2.10. The van der Waals surface area contributed by atoms with Gasteiger partial charge in [0, 0.05) is 13.2 Å². The van der Waals surface area contributed by atoms with Gasteiger partial charge in [-0.2, -0.15) is 13.2 Å². The van der Waals surface area contributed by atoms with Crippen LogP contribution in [0.25, 0.3) is 0 Å². The molecule has 0 aromatic carbocycles. The van der Waals surface area contributed by atoms with Gasteiger partial charge in [-0.15, -0.1) is 0 Å². The zero-order valence-corrected chi connectivity index (χ0v) is 12.6. The minimum absolute atomic E-state index is 0.124. The molecule has 0 atom stereocenters. The molecule has 0 bridgehead atoms. The molecule has 2 amide bonds. The molecule has 122 valence electrons. The van der Waals surface area contributed by atoms with Crippen LogP contribution in [-0.2, 0) is 14.3 Å². The maximum atomic E-state index is 12.3. The van der Waals surface area contributed by atoms with Crippen LogP contribution in [0.3, 0.4) is 0 Å². The molecule has 0 aliphatic carbocycles. The van der Waals surface area contributed by atoms with Crippen LogP contribution in [-0.4, -0.2) is 53.7 Å². The Kier molecular flexibility index (Phi) is 4.92. The summed E-state index contributed by atoms with van der Waals surface area (Å²) in [4.78, 5) is 25.7. The zero-order valence-electron chi connectivity index (χ0n) is 12.6. The van der Waals surface area contributed by atoms with Crippen LogP contribution in [0.4, 0.5) is 13.2 Å². The van der Waals surface area contributed by atoms with E-state index in [1.54, 1.807) is 27.7 Å². The number of ether oxygens (including phenoxy) is 1. The highest BCUT2D eigenvalue weighted by Gasteiger charge is 2.49. The topological polar surface area (TPSA) is 58.6 Å². The van der Waals surface area contributed by atoms with E-state index in [2.05, 4.69) is 10.1 Å². The molecule has 0 spiro atoms. The van der Waals surface area contributed by atoms with E-state index in [1.165, 1.54) is 4.90 Å². The summed E-state index contributed by atoms with van der Waals surface area (Å²) in [6, 6.07) is 0. The Morgan fingerprint density at radius 3 is 2.29 bits per heavy atom. The number of amides is 2. The summed E-state index contributed by atoms with van der Waals surface area (Å²) >= 11 is 0. The number of nitrogens with zero attached hydrogens (tertiary/aromatic N) is 1. The number of piperazine rings is 1. The smallest absolute Gasteiger partial charge is 0.372 e. The van der Waals surface area contributed by atoms with Crippen molar-refractivity contribution < 1.29 is 27.5 Å². The van der Waals surface area contributed by atoms with Crippen LogP contribution >= 0.6 is 0 Å². The van der Waals surface area contributed by atoms with Gasteiger partial charge in [-0.25, -0.2) is 0 Å². The maximum absolute atomic E-state index is 12.3. The second kappa shape index (κ2) is 5.82. The van der Waals surface area contributed by atoms with E-state index >= 15 is 0 Å². The molecule has 1 rings (SSSR count). The third kappa shape index (κ3) is 4.33. The Balaban J connectivity index is 2.58. The summed E-state index contributed by atoms with van der Waals surface area (Å²) < 4.78 is 40.3. The van der Waals surface area contributed by atoms with E-state index in [4.69, 9.17) is 0 Å². The zero-order chi connectivity index (χ0) is 16.5. The number of hydrogen-bond acceptors (Lipinski definition) is 3. The monoisotopic (exact) mass is 310 g/mol. The van der Waals surface area contributed by atoms with Gasteiger partial charge in [-0.05, 0) is 34.1 Å². The molecule has 1 fully saturated rings. The van der Waals surface area contributed by atoms with Gasteiger partial charge in [-0.3, -0.25) is 9.59 Å². The molecule has 1 aliphatic heterocycles. The van der Waals surface area contributed by atoms with Crippen molar-refractivity contribution in [2.24, 2.45) is 0 Å². The number of rotatable bonds is 5. The third-order valence-electron chi connectivity index (χ3n) is 3.37. The van der Waals surface area contributed by atoms with E-state index in [1.807, 2.05) is 0 Å². The number of carbonyl (C=O) groups excluding carboxylic acids is 2. The lowest BCUT2D eigenvalue weighted by Gasteiger charge is -2.47. The highest BCUT2D eigenvalue weighted by Crippen LogP contribution is 2.26. The standard InChI is InChI=1S/C13H21F3N2O3/c1-11(2)10(20)18(12(3,4)9(19)17-11)6-5-7-21-8-13(14,15)16/h5-8H2,1-4H3,(H,17,19). The van der Waals surface area contributed by atoms with Crippen molar-refractivity contribution in [2.45, 2.75) is 51.4 Å². The van der Waals surface area contributed by atoms with Gasteiger partial charge in [0.15, 0.2) is 0 Å². The molecule has 1 saturated heterocycles. The van der Waals surface area contributed by atoms with E-state index in [-0.39, 0.29) is 31.4 Å². The van der Waals surface area contributed by atoms with Gasteiger partial charge in [0.2, 0.25) is 11.8 Å². The van der Waals surface area contributed by atoms with E-state index in [9.17, 15) is 22.8 Å². The van der Waals surface area contributed by atoms with Crippen LogP contribution in [0.5, 0.6) is 0 Å². The molecule has 0 radical (unpaired) electrons. The lowest BCUT2D eigenvalue weighted by Crippen LogP contribution is -2.72. The van der Waals surface area contributed by atoms with Crippen LogP contribution in [0, 0.1) is 0 Å². The normalized spacial score (nSPS) is 21.4. The van der Waals surface area contributed by atoms with Gasteiger partial charge in [0.05, 0.1) is 0 Å². The number of nitrogens with one attached hydrogen (secondary N) is 1. The molecular formula is C13H21F3N2O3. The summed E-state index contributed by atoms with van der Waals surface area (Å²) in [6.45, 7) is 5.13. The minimum atomic E-state index is -4.36. The fraction of sp³-hybridized carbons (Fsp3) is 0.846. The average molecular weight is 310 g/mol. The Labute approximate surface area is 121 Å². The molecule has 1 heterocycles. The molecule has 0 unspecified atom stereocenters. The van der Waals surface area contributed by atoms with Crippen LogP contribution in [0.15, 0.2) is 0 Å². The summed E-state index contributed by atoms with van der Waals surface area (Å²) in [5.74, 6) is -0.550. The minimum Gasteiger partial charge on any atom is -0.372 e. The fourth-order valence-corrected chi connectivity index (χ4v) is 2.10. The van der Waals surface area contributed by atoms with Gasteiger partial charge in [-0.1, -0.05) is 0 Å². The largest absolute Gasteiger partial charge is 0.411 e. The predicted octanol–water partition coefficient (Wildman–Crippen LogP) is 1.47. The lowest BCUT2D eigenvalue weighted by atomic mass is 9.89. The van der Waals surface area contributed by atoms with Crippen molar-refractivity contribution in [3.8, 4) is 0 Å². The van der Waals surface area contributed by atoms with Crippen LogP contribution in [0.2, 0.25) is 0 Å². The van der Waals surface area contributed by atoms with Crippen molar-refractivity contribution in [1.82, 2.24) is 10.2 Å². The van der Waals surface area contributed by atoms with E-state index < -0.39 is 23.9 Å². The second-order valence-electron chi connectivity index (χ2n) is 6.12.